The van der Waals surface area contributed by atoms with Gasteiger partial charge in [0.05, 0.1) is 45.6 Å². The topological polar surface area (TPSA) is 77.4 Å². The van der Waals surface area contributed by atoms with Crippen LogP contribution in [0, 0.1) is 17.9 Å². The van der Waals surface area contributed by atoms with Gasteiger partial charge >= 0.3 is 0 Å². The summed E-state index contributed by atoms with van der Waals surface area (Å²) in [5.41, 5.74) is 14.2. The van der Waals surface area contributed by atoms with Gasteiger partial charge in [-0.25, -0.2) is 4.85 Å². The second-order valence-electron chi connectivity index (χ2n) is 19.2. The second kappa shape index (κ2) is 15.5. The zero-order valence-corrected chi connectivity index (χ0v) is 39.8. The third-order valence-electron chi connectivity index (χ3n) is 15.4. The highest BCUT2D eigenvalue weighted by Crippen LogP contribution is 2.55. The smallest absolute Gasteiger partial charge is 0.220 e. The Bertz CT molecular complexity index is 5070. The molecule has 5 heterocycles. The van der Waals surface area contributed by atoms with Gasteiger partial charge in [-0.05, 0) is 64.7 Å². The zero-order chi connectivity index (χ0) is 49.5. The highest BCUT2D eigenvalue weighted by molar-refractivity contribution is 6.28. The zero-order valence-electron chi connectivity index (χ0n) is 39.8. The third kappa shape index (κ3) is 5.56. The van der Waals surface area contributed by atoms with Crippen LogP contribution < -0.4 is 0 Å². The standard InChI is InChI=1S/C68H36N4O3/c1-70-60-57(40-20-7-3-8-21-40)52(38-69)61(71-53-28-14-11-24-43(53)46-34-37-51-59-42(39-18-5-2-6-19-39)27-17-31-56(59)75-68(51)62(46)71)58(41-22-9-4-10-23-41)65(60)72-63-47(32-35-49-44-25-12-15-29-54(44)73-66(49)63)48-33-36-50-45-26-13-16-30-55(45)74-67(50)64(48)72/h2-37H. The minimum Gasteiger partial charge on any atom is -0.454 e. The molecule has 75 heavy (non-hydrogen) atoms. The van der Waals surface area contributed by atoms with Crippen molar-refractivity contribution in [1.29, 1.82) is 5.26 Å². The predicted octanol–water partition coefficient (Wildman–Crippen LogP) is 19.0. The maximum atomic E-state index is 12.2. The molecular formula is C68H36N4O3. The Kier molecular flexibility index (Phi) is 8.46. The van der Waals surface area contributed by atoms with Crippen molar-refractivity contribution in [1.82, 2.24) is 9.13 Å². The van der Waals surface area contributed by atoms with Crippen molar-refractivity contribution in [3.8, 4) is 50.8 Å². The van der Waals surface area contributed by atoms with E-state index in [4.69, 9.17) is 13.3 Å². The van der Waals surface area contributed by atoms with E-state index in [0.29, 0.717) is 50.5 Å². The van der Waals surface area contributed by atoms with Crippen LogP contribution in [-0.2, 0) is 0 Å². The highest BCUT2D eigenvalue weighted by Gasteiger charge is 2.34. The molecule has 16 rings (SSSR count). The minimum atomic E-state index is 0.308. The number of para-hydroxylation sites is 3. The molecule has 0 fully saturated rings. The summed E-state index contributed by atoms with van der Waals surface area (Å²) in [5.74, 6) is 0. The van der Waals surface area contributed by atoms with Gasteiger partial charge in [-0.2, -0.15) is 5.26 Å². The van der Waals surface area contributed by atoms with Gasteiger partial charge in [-0.3, -0.25) is 0 Å². The molecule has 0 aliphatic rings. The lowest BCUT2D eigenvalue weighted by Crippen LogP contribution is -2.09. The van der Waals surface area contributed by atoms with Crippen LogP contribution in [0.2, 0.25) is 0 Å². The molecule has 0 atom stereocenters. The molecule has 0 unspecified atom stereocenters. The first-order valence-corrected chi connectivity index (χ1v) is 24.9. The van der Waals surface area contributed by atoms with Crippen LogP contribution in [0.15, 0.2) is 232 Å². The maximum Gasteiger partial charge on any atom is 0.220 e. The lowest BCUT2D eigenvalue weighted by Gasteiger charge is -2.25. The quantitative estimate of drug-likeness (QED) is 0.161. The van der Waals surface area contributed by atoms with Crippen LogP contribution >= 0.6 is 0 Å². The number of nitrogens with zero attached hydrogens (tertiary/aromatic N) is 4. The van der Waals surface area contributed by atoms with Gasteiger partial charge in [0.25, 0.3) is 0 Å². The molecule has 0 amide bonds. The number of aromatic nitrogens is 2. The monoisotopic (exact) mass is 956 g/mol. The molecule has 7 heteroatoms. The van der Waals surface area contributed by atoms with Crippen LogP contribution in [0.1, 0.15) is 5.56 Å². The number of fused-ring (bicyclic) bond motifs is 18. The SMILES string of the molecule is [C-]#[N+]c1c(-c2ccccc2)c(C#N)c(-n2c3ccccc3c3ccc4c(oc5cccc(-c6ccccc6)c54)c32)c(-c2ccccc2)c1-n1c2c(ccc3c4ccccc4oc32)c2ccc3c4ccccc4oc3c21. The molecule has 0 saturated carbocycles. The van der Waals surface area contributed by atoms with Gasteiger partial charge < -0.3 is 22.4 Å². The van der Waals surface area contributed by atoms with Gasteiger partial charge in [0, 0.05) is 65.0 Å². The van der Waals surface area contributed by atoms with E-state index in [2.05, 4.69) is 129 Å². The first-order chi connectivity index (χ1) is 37.2. The summed E-state index contributed by atoms with van der Waals surface area (Å²) in [5, 5.41) is 21.8. The van der Waals surface area contributed by atoms with E-state index in [1.54, 1.807) is 0 Å². The van der Waals surface area contributed by atoms with Crippen molar-refractivity contribution in [2.24, 2.45) is 0 Å². The molecule has 11 aromatic carbocycles. The summed E-state index contributed by atoms with van der Waals surface area (Å²) < 4.78 is 25.7. The Morgan fingerprint density at radius 1 is 0.373 bits per heavy atom. The van der Waals surface area contributed by atoms with Gasteiger partial charge in [-0.15, -0.1) is 0 Å². The Morgan fingerprint density at radius 3 is 1.43 bits per heavy atom. The second-order valence-corrected chi connectivity index (χ2v) is 19.2. The Labute approximate surface area is 426 Å². The van der Waals surface area contributed by atoms with Crippen LogP contribution in [0.3, 0.4) is 0 Å². The van der Waals surface area contributed by atoms with E-state index in [1.165, 1.54) is 0 Å². The number of benzene rings is 11. The van der Waals surface area contributed by atoms with Crippen LogP contribution in [-0.4, -0.2) is 9.13 Å². The van der Waals surface area contributed by atoms with Crippen molar-refractivity contribution in [3.63, 3.8) is 0 Å². The van der Waals surface area contributed by atoms with Crippen LogP contribution in [0.25, 0.3) is 159 Å². The summed E-state index contributed by atoms with van der Waals surface area (Å²) in [4.78, 5) is 4.61. The number of furan rings is 3. The maximum absolute atomic E-state index is 12.2. The lowest BCUT2D eigenvalue weighted by molar-refractivity contribution is 0.669. The number of hydrogen-bond acceptors (Lipinski definition) is 4. The Balaban J connectivity index is 1.19. The van der Waals surface area contributed by atoms with Crippen LogP contribution in [0.4, 0.5) is 5.69 Å². The minimum absolute atomic E-state index is 0.308. The molecule has 16 aromatic rings. The normalized spacial score (nSPS) is 12.0. The number of rotatable bonds is 5. The van der Waals surface area contributed by atoms with Crippen molar-refractivity contribution in [3.05, 3.63) is 235 Å². The fourth-order valence-electron chi connectivity index (χ4n) is 12.3. The molecule has 0 spiro atoms. The van der Waals surface area contributed by atoms with Crippen molar-refractivity contribution < 1.29 is 13.3 Å². The summed E-state index contributed by atoms with van der Waals surface area (Å²) in [6.07, 6.45) is 0. The summed E-state index contributed by atoms with van der Waals surface area (Å²) in [6, 6.07) is 77.1. The summed E-state index contributed by atoms with van der Waals surface area (Å²) in [6.45, 7) is 9.53. The van der Waals surface area contributed by atoms with E-state index >= 15 is 0 Å². The first kappa shape index (κ1) is 41.1. The van der Waals surface area contributed by atoms with Crippen molar-refractivity contribution in [2.45, 2.75) is 0 Å². The average molecular weight is 957 g/mol. The molecule has 0 aliphatic carbocycles. The van der Waals surface area contributed by atoms with Gasteiger partial charge in [0.2, 0.25) is 5.69 Å². The van der Waals surface area contributed by atoms with E-state index in [-0.39, 0.29) is 0 Å². The van der Waals surface area contributed by atoms with E-state index in [1.807, 2.05) is 109 Å². The fourth-order valence-corrected chi connectivity index (χ4v) is 12.3. The summed E-state index contributed by atoms with van der Waals surface area (Å²) in [7, 11) is 0. The highest BCUT2D eigenvalue weighted by atomic mass is 16.3. The number of hydrogen-bond donors (Lipinski definition) is 0. The molecule has 0 saturated heterocycles. The van der Waals surface area contributed by atoms with E-state index < -0.39 is 0 Å². The van der Waals surface area contributed by atoms with Crippen molar-refractivity contribution >= 4 is 115 Å². The van der Waals surface area contributed by atoms with E-state index in [0.717, 1.165) is 115 Å². The molecule has 0 radical (unpaired) electrons. The molecule has 0 aliphatic heterocycles. The Morgan fingerprint density at radius 2 is 0.827 bits per heavy atom. The Hall–Kier alpha value is -10.6. The molecular weight excluding hydrogens is 921 g/mol. The third-order valence-corrected chi connectivity index (χ3v) is 15.4. The summed E-state index contributed by atoms with van der Waals surface area (Å²) >= 11 is 0. The van der Waals surface area contributed by atoms with Gasteiger partial charge in [0.1, 0.15) is 22.8 Å². The fraction of sp³-hybridized carbons (Fsp3) is 0. The van der Waals surface area contributed by atoms with Gasteiger partial charge in [0.15, 0.2) is 16.7 Å². The molecule has 5 aromatic heterocycles. The molecule has 346 valence electrons. The van der Waals surface area contributed by atoms with Gasteiger partial charge in [-0.1, -0.05) is 176 Å². The predicted molar refractivity (Wildman–Crippen MR) is 304 cm³/mol. The molecule has 0 N–H and O–H groups in total. The van der Waals surface area contributed by atoms with Crippen molar-refractivity contribution in [2.75, 3.05) is 0 Å². The molecule has 7 nitrogen and oxygen atoms in total. The average Bonchev–Trinajstić information content (AvgIpc) is 4.46. The largest absolute Gasteiger partial charge is 0.454 e. The lowest BCUT2D eigenvalue weighted by atomic mass is 9.88. The number of nitriles is 1. The first-order valence-electron chi connectivity index (χ1n) is 24.9. The van der Waals surface area contributed by atoms with E-state index in [9.17, 15) is 11.8 Å². The molecule has 0 bridgehead atoms. The van der Waals surface area contributed by atoms with Crippen LogP contribution in [0.5, 0.6) is 0 Å².